The van der Waals surface area contributed by atoms with Crippen LogP contribution in [0.2, 0.25) is 5.02 Å². The average Bonchev–Trinajstić information content (AvgIpc) is 3.39. The van der Waals surface area contributed by atoms with E-state index in [0.29, 0.717) is 34.8 Å². The van der Waals surface area contributed by atoms with Gasteiger partial charge in [0.05, 0.1) is 17.7 Å². The number of H-pyrrole nitrogens is 1. The van der Waals surface area contributed by atoms with Crippen LogP contribution in [0.5, 0.6) is 5.75 Å². The van der Waals surface area contributed by atoms with Crippen LogP contribution in [0.15, 0.2) is 31.9 Å². The van der Waals surface area contributed by atoms with Gasteiger partial charge >= 0.3 is 5.76 Å². The molecule has 1 saturated carbocycles. The largest absolute Gasteiger partial charge is 0.486 e. The van der Waals surface area contributed by atoms with Gasteiger partial charge in [-0.05, 0) is 43.9 Å². The van der Waals surface area contributed by atoms with Gasteiger partial charge in [0.15, 0.2) is 17.5 Å². The van der Waals surface area contributed by atoms with E-state index in [1.54, 1.807) is 32.4 Å². The van der Waals surface area contributed by atoms with Crippen LogP contribution in [0.4, 0.5) is 0 Å². The molecular weight excluding hydrogens is 426 g/mol. The molecule has 0 aliphatic heterocycles. The normalized spacial score (nSPS) is 18.9. The van der Waals surface area contributed by atoms with Crippen molar-refractivity contribution in [3.05, 3.63) is 51.1 Å². The Morgan fingerprint density at radius 2 is 2.00 bits per heavy atom. The molecule has 4 rings (SSSR count). The molecule has 0 unspecified atom stereocenters. The summed E-state index contributed by atoms with van der Waals surface area (Å²) in [5.74, 6) is 1.78. The highest BCUT2D eigenvalue weighted by Crippen LogP contribution is 2.35. The van der Waals surface area contributed by atoms with Crippen molar-refractivity contribution >= 4 is 11.6 Å². The third-order valence-corrected chi connectivity index (χ3v) is 5.75. The molecule has 2 aromatic heterocycles. The summed E-state index contributed by atoms with van der Waals surface area (Å²) in [5.41, 5.74) is 1.27. The minimum absolute atomic E-state index is 0.190. The van der Waals surface area contributed by atoms with E-state index in [-0.39, 0.29) is 18.3 Å². The lowest BCUT2D eigenvalue weighted by Gasteiger charge is -2.25. The maximum Gasteiger partial charge on any atom is 0.439 e. The van der Waals surface area contributed by atoms with E-state index in [4.69, 9.17) is 30.2 Å². The Kier molecular flexibility index (Phi) is 6.74. The number of halogens is 1. The topological polar surface area (TPSA) is 113 Å². The number of methoxy groups -OCH3 is 2. The highest BCUT2D eigenvalue weighted by atomic mass is 35.5. The van der Waals surface area contributed by atoms with Crippen molar-refractivity contribution in [3.8, 4) is 17.1 Å². The number of nitrogens with zero attached hydrogens (tertiary/aromatic N) is 2. The number of oxazole rings is 1. The molecule has 31 heavy (non-hydrogen) atoms. The third kappa shape index (κ3) is 5.00. The van der Waals surface area contributed by atoms with E-state index in [9.17, 15) is 4.79 Å². The fourth-order valence-electron chi connectivity index (χ4n) is 3.76. The second-order valence-electron chi connectivity index (χ2n) is 7.44. The molecule has 1 fully saturated rings. The summed E-state index contributed by atoms with van der Waals surface area (Å²) in [6, 6.07) is 5.07. The predicted octanol–water partition coefficient (Wildman–Crippen LogP) is 4.07. The Hall–Kier alpha value is -2.62. The van der Waals surface area contributed by atoms with Crippen LogP contribution in [0, 0.1) is 0 Å². The summed E-state index contributed by atoms with van der Waals surface area (Å²) >= 11 is 6.32. The lowest BCUT2D eigenvalue weighted by Crippen LogP contribution is -2.19. The van der Waals surface area contributed by atoms with Crippen LogP contribution in [-0.2, 0) is 22.7 Å². The van der Waals surface area contributed by atoms with E-state index in [1.165, 1.54) is 0 Å². The van der Waals surface area contributed by atoms with Crippen LogP contribution >= 0.6 is 11.6 Å². The summed E-state index contributed by atoms with van der Waals surface area (Å²) in [6.07, 6.45) is 4.27. The van der Waals surface area contributed by atoms with Crippen molar-refractivity contribution < 1.29 is 23.2 Å². The Morgan fingerprint density at radius 1 is 1.19 bits per heavy atom. The lowest BCUT2D eigenvalue weighted by molar-refractivity contribution is 0.0630. The number of aromatic nitrogens is 3. The van der Waals surface area contributed by atoms with E-state index >= 15 is 0 Å². The number of nitrogens with one attached hydrogen (secondary N) is 1. The van der Waals surface area contributed by atoms with Crippen molar-refractivity contribution in [2.45, 2.75) is 50.9 Å². The number of benzene rings is 1. The molecule has 10 heteroatoms. The van der Waals surface area contributed by atoms with Crippen molar-refractivity contribution in [2.75, 3.05) is 14.2 Å². The molecule has 2 heterocycles. The molecular formula is C21H24ClN3O6. The van der Waals surface area contributed by atoms with E-state index in [1.807, 2.05) is 0 Å². The monoisotopic (exact) mass is 449 g/mol. The van der Waals surface area contributed by atoms with Gasteiger partial charge in [-0.15, -0.1) is 0 Å². The fraction of sp³-hybridized carbons (Fsp3) is 0.476. The van der Waals surface area contributed by atoms with Gasteiger partial charge in [-0.25, -0.2) is 9.78 Å². The first-order valence-electron chi connectivity index (χ1n) is 10.1. The second-order valence-corrected chi connectivity index (χ2v) is 7.85. The maximum atomic E-state index is 11.1. The zero-order valence-electron chi connectivity index (χ0n) is 17.4. The number of ether oxygens (including phenoxy) is 3. The van der Waals surface area contributed by atoms with Crippen molar-refractivity contribution in [1.29, 1.82) is 0 Å². The molecule has 3 aromatic rings. The Labute approximate surface area is 183 Å². The molecule has 166 valence electrons. The van der Waals surface area contributed by atoms with E-state index in [0.717, 1.165) is 37.3 Å². The molecule has 0 atom stereocenters. The molecule has 1 aliphatic carbocycles. The van der Waals surface area contributed by atoms with Gasteiger partial charge in [-0.2, -0.15) is 0 Å². The highest BCUT2D eigenvalue weighted by molar-refractivity contribution is 6.33. The van der Waals surface area contributed by atoms with Crippen molar-refractivity contribution in [3.63, 3.8) is 0 Å². The zero-order chi connectivity index (χ0) is 21.8. The summed E-state index contributed by atoms with van der Waals surface area (Å²) < 4.78 is 27.2. The first-order chi connectivity index (χ1) is 15.1. The number of rotatable bonds is 8. The zero-order valence-corrected chi connectivity index (χ0v) is 18.1. The Balaban J connectivity index is 1.45. The van der Waals surface area contributed by atoms with Gasteiger partial charge < -0.3 is 18.6 Å². The molecule has 1 aromatic carbocycles. The van der Waals surface area contributed by atoms with Gasteiger partial charge in [0.25, 0.3) is 0 Å². The maximum absolute atomic E-state index is 11.1. The predicted molar refractivity (Wildman–Crippen MR) is 111 cm³/mol. The Morgan fingerprint density at radius 3 is 2.65 bits per heavy atom. The van der Waals surface area contributed by atoms with Crippen molar-refractivity contribution in [2.24, 2.45) is 0 Å². The minimum Gasteiger partial charge on any atom is -0.486 e. The molecule has 0 spiro atoms. The van der Waals surface area contributed by atoms with Crippen LogP contribution < -0.4 is 10.5 Å². The first-order valence-corrected chi connectivity index (χ1v) is 10.4. The van der Waals surface area contributed by atoms with Crippen LogP contribution in [0.1, 0.15) is 48.9 Å². The summed E-state index contributed by atoms with van der Waals surface area (Å²) in [5, 5.41) is 4.01. The molecule has 0 bridgehead atoms. The molecule has 9 nitrogen and oxygen atoms in total. The van der Waals surface area contributed by atoms with Gasteiger partial charge in [0.2, 0.25) is 0 Å². The summed E-state index contributed by atoms with van der Waals surface area (Å²) in [4.78, 5) is 18.3. The third-order valence-electron chi connectivity index (χ3n) is 5.44. The Bertz CT molecular complexity index is 1070. The summed E-state index contributed by atoms with van der Waals surface area (Å²) in [7, 11) is 3.38. The molecule has 1 aliphatic rings. The van der Waals surface area contributed by atoms with Crippen LogP contribution in [0.25, 0.3) is 11.4 Å². The van der Waals surface area contributed by atoms with Crippen molar-refractivity contribution in [1.82, 2.24) is 15.1 Å². The SMILES string of the molecule is COCc1nc(C2CCC(OC)CC2)oc1COc1ccc(-c2noc(=O)[nH]2)c(Cl)c1. The second kappa shape index (κ2) is 9.67. The summed E-state index contributed by atoms with van der Waals surface area (Å²) in [6.45, 7) is 0.532. The highest BCUT2D eigenvalue weighted by Gasteiger charge is 2.27. The molecule has 0 saturated heterocycles. The van der Waals surface area contributed by atoms with Gasteiger partial charge in [-0.3, -0.25) is 9.51 Å². The number of aromatic amines is 1. The molecule has 0 radical (unpaired) electrons. The quantitative estimate of drug-likeness (QED) is 0.547. The van der Waals surface area contributed by atoms with Gasteiger partial charge in [0, 0.05) is 25.7 Å². The minimum atomic E-state index is -0.645. The van der Waals surface area contributed by atoms with Crippen LogP contribution in [-0.4, -0.2) is 35.4 Å². The van der Waals surface area contributed by atoms with E-state index in [2.05, 4.69) is 19.6 Å². The standard InChI is InChI=1S/C21H24ClN3O6/c1-27-10-17-18(30-20(23-17)12-3-5-13(28-2)6-4-12)11-29-14-7-8-15(16(22)9-14)19-24-21(26)31-25-19/h7-9,12-13H,3-6,10-11H2,1-2H3,(H,24,25,26). The number of hydrogen-bond acceptors (Lipinski definition) is 8. The molecule has 1 N–H and O–H groups in total. The smallest absolute Gasteiger partial charge is 0.439 e. The van der Waals surface area contributed by atoms with E-state index < -0.39 is 5.76 Å². The van der Waals surface area contributed by atoms with Gasteiger partial charge in [0.1, 0.15) is 18.1 Å². The van der Waals surface area contributed by atoms with Gasteiger partial charge in [-0.1, -0.05) is 16.8 Å². The lowest BCUT2D eigenvalue weighted by atomic mass is 9.87. The number of hydrogen-bond donors (Lipinski definition) is 1. The van der Waals surface area contributed by atoms with Crippen LogP contribution in [0.3, 0.4) is 0 Å². The average molecular weight is 450 g/mol. The fourth-order valence-corrected chi connectivity index (χ4v) is 4.02. The molecule has 0 amide bonds. The first kappa shape index (κ1) is 21.6.